The Morgan fingerprint density at radius 1 is 1.04 bits per heavy atom. The van der Waals surface area contributed by atoms with E-state index in [0.717, 1.165) is 31.5 Å². The molecule has 0 N–H and O–H groups in total. The molecule has 1 saturated heterocycles. The van der Waals surface area contributed by atoms with Crippen LogP contribution in [0.25, 0.3) is 0 Å². The van der Waals surface area contributed by atoms with Gasteiger partial charge in [-0.1, -0.05) is 35.9 Å². The maximum absolute atomic E-state index is 12.7. The maximum Gasteiger partial charge on any atom is 0.285 e. The Morgan fingerprint density at radius 2 is 1.65 bits per heavy atom. The molecule has 0 aliphatic carbocycles. The number of benzene rings is 2. The van der Waals surface area contributed by atoms with E-state index in [4.69, 9.17) is 4.74 Å². The number of ether oxygens (including phenoxy) is 1. The second-order valence-electron chi connectivity index (χ2n) is 6.67. The number of hydrogen-bond acceptors (Lipinski definition) is 4. The van der Waals surface area contributed by atoms with Crippen molar-refractivity contribution in [1.29, 1.82) is 0 Å². The fourth-order valence-corrected chi connectivity index (χ4v) is 3.81. The highest BCUT2D eigenvalue weighted by Gasteiger charge is 2.22. The number of likely N-dealkylation sites (tertiary alicyclic amines) is 1. The number of piperidine rings is 1. The monoisotopic (exact) mass is 372 g/mol. The minimum absolute atomic E-state index is 0.0293. The highest BCUT2D eigenvalue weighted by Crippen LogP contribution is 2.19. The van der Waals surface area contributed by atoms with E-state index in [2.05, 4.69) is 16.3 Å². The third-order valence-corrected chi connectivity index (χ3v) is 5.76. The smallest absolute Gasteiger partial charge is 0.285 e. The zero-order valence-corrected chi connectivity index (χ0v) is 15.9. The lowest BCUT2D eigenvalue weighted by Crippen LogP contribution is -2.35. The van der Waals surface area contributed by atoms with Gasteiger partial charge in [-0.25, -0.2) is 0 Å². The maximum atomic E-state index is 12.7. The number of sulfonamides is 1. The standard InChI is InChI=1S/C20H24N2O3S/c1-16-8-10-19(11-9-16)26(23,24)21-20(17-6-4-3-5-7-17)25-18-12-14-22(2)15-13-18/h3-11,18H,12-15H2,1-2H3/b21-20-. The van der Waals surface area contributed by atoms with Crippen molar-refractivity contribution in [3.63, 3.8) is 0 Å². The van der Waals surface area contributed by atoms with Crippen LogP contribution < -0.4 is 0 Å². The molecule has 2 aromatic carbocycles. The summed E-state index contributed by atoms with van der Waals surface area (Å²) in [5, 5.41) is 0. The van der Waals surface area contributed by atoms with Crippen molar-refractivity contribution in [1.82, 2.24) is 4.90 Å². The van der Waals surface area contributed by atoms with Gasteiger partial charge >= 0.3 is 0 Å². The van der Waals surface area contributed by atoms with Crippen LogP contribution in [0.2, 0.25) is 0 Å². The lowest BCUT2D eigenvalue weighted by molar-refractivity contribution is 0.106. The first kappa shape index (κ1) is 18.6. The Labute approximate surface area is 155 Å². The summed E-state index contributed by atoms with van der Waals surface area (Å²) >= 11 is 0. The average molecular weight is 372 g/mol. The highest BCUT2D eigenvalue weighted by molar-refractivity contribution is 7.90. The number of rotatable bonds is 4. The Bertz CT molecular complexity index is 854. The Balaban J connectivity index is 1.92. The van der Waals surface area contributed by atoms with Crippen LogP contribution in [0.1, 0.15) is 24.0 Å². The fraction of sp³-hybridized carbons (Fsp3) is 0.350. The SMILES string of the molecule is Cc1ccc(S(=O)(=O)/N=C(\OC2CCN(C)CC2)c2ccccc2)cc1. The summed E-state index contributed by atoms with van der Waals surface area (Å²) in [5.74, 6) is 0.167. The van der Waals surface area contributed by atoms with Crippen LogP contribution in [0.15, 0.2) is 63.9 Å². The number of nitrogens with zero attached hydrogens (tertiary/aromatic N) is 2. The molecule has 0 amide bonds. The molecule has 2 aromatic rings. The van der Waals surface area contributed by atoms with Gasteiger partial charge in [0.1, 0.15) is 6.10 Å². The first-order chi connectivity index (χ1) is 12.4. The summed E-state index contributed by atoms with van der Waals surface area (Å²) in [6.45, 7) is 3.77. The predicted molar refractivity (Wildman–Crippen MR) is 103 cm³/mol. The summed E-state index contributed by atoms with van der Waals surface area (Å²) in [4.78, 5) is 2.41. The lowest BCUT2D eigenvalue weighted by atomic mass is 10.1. The predicted octanol–water partition coefficient (Wildman–Crippen LogP) is 3.24. The minimum Gasteiger partial charge on any atom is -0.473 e. The van der Waals surface area contributed by atoms with E-state index in [1.807, 2.05) is 37.3 Å². The number of hydrogen-bond donors (Lipinski definition) is 0. The topological polar surface area (TPSA) is 59.0 Å². The van der Waals surface area contributed by atoms with Gasteiger partial charge in [0, 0.05) is 18.7 Å². The number of aryl methyl sites for hydroxylation is 1. The fourth-order valence-electron chi connectivity index (χ4n) is 2.86. The quantitative estimate of drug-likeness (QED) is 0.611. The van der Waals surface area contributed by atoms with Gasteiger partial charge in [0.15, 0.2) is 0 Å². The Kier molecular flexibility index (Phi) is 5.74. The van der Waals surface area contributed by atoms with E-state index in [-0.39, 0.29) is 16.9 Å². The van der Waals surface area contributed by atoms with Crippen LogP contribution in [0.4, 0.5) is 0 Å². The zero-order valence-electron chi connectivity index (χ0n) is 15.1. The summed E-state index contributed by atoms with van der Waals surface area (Å²) < 4.78 is 35.6. The normalized spacial score (nSPS) is 17.2. The third-order valence-electron chi connectivity index (χ3n) is 4.49. The first-order valence-corrected chi connectivity index (χ1v) is 10.2. The van der Waals surface area contributed by atoms with E-state index in [9.17, 15) is 8.42 Å². The largest absolute Gasteiger partial charge is 0.473 e. The van der Waals surface area contributed by atoms with Crippen molar-refractivity contribution < 1.29 is 13.2 Å². The van der Waals surface area contributed by atoms with Gasteiger partial charge in [0.25, 0.3) is 10.0 Å². The van der Waals surface area contributed by atoms with Gasteiger partial charge in [0.2, 0.25) is 5.90 Å². The molecule has 0 atom stereocenters. The molecule has 0 radical (unpaired) electrons. The lowest BCUT2D eigenvalue weighted by Gasteiger charge is -2.29. The molecule has 1 heterocycles. The molecule has 0 aromatic heterocycles. The molecule has 0 unspecified atom stereocenters. The summed E-state index contributed by atoms with van der Waals surface area (Å²) in [6.07, 6.45) is 1.68. The molecule has 1 aliphatic heterocycles. The Hall–Kier alpha value is -2.18. The summed E-state index contributed by atoms with van der Waals surface area (Å²) in [5.41, 5.74) is 1.67. The minimum atomic E-state index is -3.83. The average Bonchev–Trinajstić information content (AvgIpc) is 2.64. The van der Waals surface area contributed by atoms with Crippen LogP contribution in [-0.4, -0.2) is 45.5 Å². The van der Waals surface area contributed by atoms with Crippen molar-refractivity contribution in [3.8, 4) is 0 Å². The molecule has 5 nitrogen and oxygen atoms in total. The molecule has 26 heavy (non-hydrogen) atoms. The third kappa shape index (κ3) is 4.71. The van der Waals surface area contributed by atoms with Crippen molar-refractivity contribution >= 4 is 15.9 Å². The molecule has 0 bridgehead atoms. The van der Waals surface area contributed by atoms with Crippen LogP contribution in [0.3, 0.4) is 0 Å². The van der Waals surface area contributed by atoms with E-state index < -0.39 is 10.0 Å². The van der Waals surface area contributed by atoms with Gasteiger partial charge in [-0.2, -0.15) is 8.42 Å². The van der Waals surface area contributed by atoms with Crippen molar-refractivity contribution in [2.75, 3.05) is 20.1 Å². The van der Waals surface area contributed by atoms with E-state index >= 15 is 0 Å². The van der Waals surface area contributed by atoms with E-state index in [0.29, 0.717) is 5.56 Å². The van der Waals surface area contributed by atoms with Crippen LogP contribution >= 0.6 is 0 Å². The molecular formula is C20H24N2O3S. The van der Waals surface area contributed by atoms with Crippen molar-refractivity contribution in [2.45, 2.75) is 30.8 Å². The van der Waals surface area contributed by atoms with Gasteiger partial charge in [0.05, 0.1) is 4.90 Å². The molecule has 6 heteroatoms. The molecular weight excluding hydrogens is 348 g/mol. The van der Waals surface area contributed by atoms with Crippen molar-refractivity contribution in [2.24, 2.45) is 4.40 Å². The first-order valence-electron chi connectivity index (χ1n) is 8.76. The zero-order chi connectivity index (χ0) is 18.6. The molecule has 0 spiro atoms. The Morgan fingerprint density at radius 3 is 2.27 bits per heavy atom. The van der Waals surface area contributed by atoms with Crippen LogP contribution in [0.5, 0.6) is 0 Å². The molecule has 1 aliphatic rings. The van der Waals surface area contributed by atoms with E-state index in [1.54, 1.807) is 24.3 Å². The molecule has 3 rings (SSSR count). The summed E-state index contributed by atoms with van der Waals surface area (Å²) in [7, 11) is -1.76. The molecule has 138 valence electrons. The molecule has 0 saturated carbocycles. The van der Waals surface area contributed by atoms with E-state index in [1.165, 1.54) is 0 Å². The highest BCUT2D eigenvalue weighted by atomic mass is 32.2. The van der Waals surface area contributed by atoms with Gasteiger partial charge in [-0.3, -0.25) is 0 Å². The van der Waals surface area contributed by atoms with Gasteiger partial charge in [-0.15, -0.1) is 4.40 Å². The second kappa shape index (κ2) is 8.01. The second-order valence-corrected chi connectivity index (χ2v) is 8.28. The van der Waals surface area contributed by atoms with Gasteiger partial charge < -0.3 is 9.64 Å². The summed E-state index contributed by atoms with van der Waals surface area (Å²) in [6, 6.07) is 15.9. The van der Waals surface area contributed by atoms with Gasteiger partial charge in [-0.05, 0) is 51.1 Å². The van der Waals surface area contributed by atoms with Crippen LogP contribution in [-0.2, 0) is 14.8 Å². The molecule has 1 fully saturated rings. The van der Waals surface area contributed by atoms with Crippen LogP contribution in [0, 0.1) is 6.92 Å². The van der Waals surface area contributed by atoms with Crippen molar-refractivity contribution in [3.05, 3.63) is 65.7 Å².